The molecule has 2 saturated carbocycles. The summed E-state index contributed by atoms with van der Waals surface area (Å²) in [6.07, 6.45) is 17.2. The second kappa shape index (κ2) is 7.53. The maximum absolute atomic E-state index is 6.52. The van der Waals surface area contributed by atoms with E-state index in [0.717, 1.165) is 17.8 Å². The molecule has 0 saturated heterocycles. The second-order valence-electron chi connectivity index (χ2n) is 6.95. The first-order chi connectivity index (χ1) is 8.79. The van der Waals surface area contributed by atoms with Gasteiger partial charge in [0.2, 0.25) is 0 Å². The Kier molecular flexibility index (Phi) is 6.01. The zero-order chi connectivity index (χ0) is 12.8. The Morgan fingerprint density at radius 1 is 0.833 bits per heavy atom. The molecular formula is C17H33N. The highest BCUT2D eigenvalue weighted by molar-refractivity contribution is 4.82. The van der Waals surface area contributed by atoms with Gasteiger partial charge in [-0.15, -0.1) is 0 Å². The summed E-state index contributed by atoms with van der Waals surface area (Å²) >= 11 is 0. The Morgan fingerprint density at radius 2 is 1.44 bits per heavy atom. The van der Waals surface area contributed by atoms with Gasteiger partial charge in [0.1, 0.15) is 0 Å². The van der Waals surface area contributed by atoms with Crippen LogP contribution in [0.25, 0.3) is 0 Å². The quantitative estimate of drug-likeness (QED) is 0.707. The highest BCUT2D eigenvalue weighted by Crippen LogP contribution is 2.35. The van der Waals surface area contributed by atoms with Gasteiger partial charge in [-0.05, 0) is 37.0 Å². The Labute approximate surface area is 114 Å². The van der Waals surface area contributed by atoms with Crippen molar-refractivity contribution in [3.63, 3.8) is 0 Å². The molecule has 1 nitrogen and oxygen atoms in total. The molecule has 18 heavy (non-hydrogen) atoms. The molecule has 2 aliphatic rings. The van der Waals surface area contributed by atoms with Gasteiger partial charge < -0.3 is 5.73 Å². The molecule has 1 atom stereocenters. The molecule has 2 fully saturated rings. The van der Waals surface area contributed by atoms with E-state index in [4.69, 9.17) is 5.73 Å². The molecule has 0 aliphatic heterocycles. The van der Waals surface area contributed by atoms with Gasteiger partial charge in [0.05, 0.1) is 0 Å². The summed E-state index contributed by atoms with van der Waals surface area (Å²) < 4.78 is 0. The Hall–Kier alpha value is -0.0400. The molecule has 2 aliphatic carbocycles. The van der Waals surface area contributed by atoms with Crippen LogP contribution < -0.4 is 5.73 Å². The standard InChI is InChI=1S/C17H33N/c1-2-14-9-11-16(12-10-14)17(18)13-15-7-5-3-4-6-8-15/h14-17H,2-13,18H2,1H3. The van der Waals surface area contributed by atoms with Crippen molar-refractivity contribution < 1.29 is 0 Å². The third-order valence-electron chi connectivity index (χ3n) is 5.65. The average Bonchev–Trinajstić information content (AvgIpc) is 2.67. The van der Waals surface area contributed by atoms with Crippen molar-refractivity contribution in [2.24, 2.45) is 23.5 Å². The molecule has 2 N–H and O–H groups in total. The van der Waals surface area contributed by atoms with E-state index in [9.17, 15) is 0 Å². The first kappa shape index (κ1) is 14.4. The van der Waals surface area contributed by atoms with E-state index >= 15 is 0 Å². The zero-order valence-corrected chi connectivity index (χ0v) is 12.4. The molecule has 2 rings (SSSR count). The van der Waals surface area contributed by atoms with E-state index in [0.29, 0.717) is 6.04 Å². The molecule has 106 valence electrons. The fourth-order valence-electron chi connectivity index (χ4n) is 4.20. The maximum Gasteiger partial charge on any atom is 0.00698 e. The summed E-state index contributed by atoms with van der Waals surface area (Å²) in [5.74, 6) is 2.80. The molecular weight excluding hydrogens is 218 g/mol. The lowest BCUT2D eigenvalue weighted by Gasteiger charge is -2.33. The van der Waals surface area contributed by atoms with E-state index in [-0.39, 0.29) is 0 Å². The first-order valence-electron chi connectivity index (χ1n) is 8.55. The topological polar surface area (TPSA) is 26.0 Å². The second-order valence-corrected chi connectivity index (χ2v) is 6.95. The van der Waals surface area contributed by atoms with Gasteiger partial charge in [-0.25, -0.2) is 0 Å². The zero-order valence-electron chi connectivity index (χ0n) is 12.4. The predicted octanol–water partition coefficient (Wildman–Crippen LogP) is 4.89. The number of hydrogen-bond donors (Lipinski definition) is 1. The van der Waals surface area contributed by atoms with Gasteiger partial charge in [-0.3, -0.25) is 0 Å². The number of hydrogen-bond acceptors (Lipinski definition) is 1. The predicted molar refractivity (Wildman–Crippen MR) is 79.5 cm³/mol. The van der Waals surface area contributed by atoms with Crippen LogP contribution in [0.4, 0.5) is 0 Å². The van der Waals surface area contributed by atoms with E-state index in [1.165, 1.54) is 77.0 Å². The van der Waals surface area contributed by atoms with Crippen LogP contribution in [-0.4, -0.2) is 6.04 Å². The molecule has 0 aromatic carbocycles. The van der Waals surface area contributed by atoms with Gasteiger partial charge in [0.15, 0.2) is 0 Å². The highest BCUT2D eigenvalue weighted by Gasteiger charge is 2.26. The van der Waals surface area contributed by atoms with E-state index in [1.807, 2.05) is 0 Å². The summed E-state index contributed by atoms with van der Waals surface area (Å²) in [5, 5.41) is 0. The SMILES string of the molecule is CCC1CCC(C(N)CC2CCCCCC2)CC1. The van der Waals surface area contributed by atoms with Crippen LogP contribution in [-0.2, 0) is 0 Å². The molecule has 0 spiro atoms. The Morgan fingerprint density at radius 3 is 2.00 bits per heavy atom. The van der Waals surface area contributed by atoms with Crippen LogP contribution >= 0.6 is 0 Å². The van der Waals surface area contributed by atoms with E-state index in [1.54, 1.807) is 0 Å². The third-order valence-corrected chi connectivity index (χ3v) is 5.65. The third kappa shape index (κ3) is 4.26. The molecule has 0 aromatic heterocycles. The molecule has 0 radical (unpaired) electrons. The summed E-state index contributed by atoms with van der Waals surface area (Å²) in [4.78, 5) is 0. The van der Waals surface area contributed by atoms with Crippen molar-refractivity contribution in [3.8, 4) is 0 Å². The fourth-order valence-corrected chi connectivity index (χ4v) is 4.20. The van der Waals surface area contributed by atoms with Crippen LogP contribution in [0.5, 0.6) is 0 Å². The van der Waals surface area contributed by atoms with Crippen molar-refractivity contribution >= 4 is 0 Å². The lowest BCUT2D eigenvalue weighted by atomic mass is 9.75. The van der Waals surface area contributed by atoms with Gasteiger partial charge in [0.25, 0.3) is 0 Å². The van der Waals surface area contributed by atoms with Crippen molar-refractivity contribution in [3.05, 3.63) is 0 Å². The number of nitrogens with two attached hydrogens (primary N) is 1. The van der Waals surface area contributed by atoms with Gasteiger partial charge >= 0.3 is 0 Å². The van der Waals surface area contributed by atoms with Gasteiger partial charge in [-0.1, -0.05) is 64.7 Å². The highest BCUT2D eigenvalue weighted by atomic mass is 14.7. The van der Waals surface area contributed by atoms with Crippen LogP contribution in [0.3, 0.4) is 0 Å². The molecule has 0 amide bonds. The van der Waals surface area contributed by atoms with Gasteiger partial charge in [0, 0.05) is 6.04 Å². The van der Waals surface area contributed by atoms with Crippen molar-refractivity contribution in [1.29, 1.82) is 0 Å². The average molecular weight is 251 g/mol. The van der Waals surface area contributed by atoms with Crippen LogP contribution in [0, 0.1) is 17.8 Å². The van der Waals surface area contributed by atoms with Crippen molar-refractivity contribution in [2.45, 2.75) is 90.0 Å². The van der Waals surface area contributed by atoms with Crippen LogP contribution in [0.1, 0.15) is 84.0 Å². The summed E-state index contributed by atoms with van der Waals surface area (Å²) in [6.45, 7) is 2.34. The first-order valence-corrected chi connectivity index (χ1v) is 8.55. The largest absolute Gasteiger partial charge is 0.327 e. The minimum absolute atomic E-state index is 0.505. The Balaban J connectivity index is 1.72. The lowest BCUT2D eigenvalue weighted by Crippen LogP contribution is -2.34. The summed E-state index contributed by atoms with van der Waals surface area (Å²) in [6, 6.07) is 0.505. The van der Waals surface area contributed by atoms with Crippen LogP contribution in [0.2, 0.25) is 0 Å². The van der Waals surface area contributed by atoms with Gasteiger partial charge in [-0.2, -0.15) is 0 Å². The monoisotopic (exact) mass is 251 g/mol. The van der Waals surface area contributed by atoms with E-state index in [2.05, 4.69) is 6.92 Å². The minimum atomic E-state index is 0.505. The lowest BCUT2D eigenvalue weighted by molar-refractivity contribution is 0.215. The smallest absolute Gasteiger partial charge is 0.00698 e. The van der Waals surface area contributed by atoms with Crippen molar-refractivity contribution in [1.82, 2.24) is 0 Å². The van der Waals surface area contributed by atoms with Crippen molar-refractivity contribution in [2.75, 3.05) is 0 Å². The minimum Gasteiger partial charge on any atom is -0.327 e. The maximum atomic E-state index is 6.52. The summed E-state index contributed by atoms with van der Waals surface area (Å²) in [5.41, 5.74) is 6.52. The Bertz CT molecular complexity index is 210. The van der Waals surface area contributed by atoms with Crippen LogP contribution in [0.15, 0.2) is 0 Å². The molecule has 0 heterocycles. The molecule has 1 unspecified atom stereocenters. The molecule has 1 heteroatoms. The fraction of sp³-hybridized carbons (Fsp3) is 1.00. The molecule has 0 aromatic rings. The normalized spacial score (nSPS) is 33.0. The summed E-state index contributed by atoms with van der Waals surface area (Å²) in [7, 11) is 0. The number of rotatable bonds is 4. The van der Waals surface area contributed by atoms with E-state index < -0.39 is 0 Å². The molecule has 0 bridgehead atoms.